The fourth-order valence-electron chi connectivity index (χ4n) is 2.89. The molecule has 4 rings (SSSR count). The molecule has 2 aromatic carbocycles. The second-order valence-electron chi connectivity index (χ2n) is 6.44. The van der Waals surface area contributed by atoms with E-state index in [2.05, 4.69) is 0 Å². The van der Waals surface area contributed by atoms with Crippen LogP contribution < -0.4 is 4.74 Å². The molecule has 0 unspecified atom stereocenters. The summed E-state index contributed by atoms with van der Waals surface area (Å²) in [5.74, 6) is 1.01. The zero-order valence-electron chi connectivity index (χ0n) is 15.8. The van der Waals surface area contributed by atoms with Crippen molar-refractivity contribution >= 4 is 63.8 Å². The number of nitrogens with zero attached hydrogens (tertiary/aromatic N) is 1. The quantitative estimate of drug-likeness (QED) is 0.345. The number of amides is 2. The highest BCUT2D eigenvalue weighted by atomic mass is 35.5. The highest BCUT2D eigenvalue weighted by Gasteiger charge is 2.35. The fourth-order valence-corrected chi connectivity index (χ4v) is 4.31. The molecule has 1 aliphatic rings. The van der Waals surface area contributed by atoms with Crippen molar-refractivity contribution in [3.63, 3.8) is 0 Å². The van der Waals surface area contributed by atoms with Gasteiger partial charge in [0.15, 0.2) is 0 Å². The molecule has 1 saturated heterocycles. The molecule has 31 heavy (non-hydrogen) atoms. The van der Waals surface area contributed by atoms with Crippen LogP contribution in [0.25, 0.3) is 17.4 Å². The lowest BCUT2D eigenvalue weighted by Gasteiger charge is -2.13. The van der Waals surface area contributed by atoms with Crippen LogP contribution in [0.3, 0.4) is 0 Å². The molecule has 9 heteroatoms. The van der Waals surface area contributed by atoms with Gasteiger partial charge < -0.3 is 9.15 Å². The fraction of sp³-hybridized carbons (Fsp3) is 0.0909. The van der Waals surface area contributed by atoms with Gasteiger partial charge in [-0.3, -0.25) is 14.5 Å². The summed E-state index contributed by atoms with van der Waals surface area (Å²) in [6, 6.07) is 15.5. The predicted molar refractivity (Wildman–Crippen MR) is 124 cm³/mol. The van der Waals surface area contributed by atoms with E-state index >= 15 is 0 Å². The smallest absolute Gasteiger partial charge is 0.293 e. The molecule has 0 spiro atoms. The van der Waals surface area contributed by atoms with E-state index in [1.54, 1.807) is 54.6 Å². The van der Waals surface area contributed by atoms with E-state index in [1.165, 1.54) is 6.08 Å². The summed E-state index contributed by atoms with van der Waals surface area (Å²) in [7, 11) is 0. The van der Waals surface area contributed by atoms with Crippen LogP contribution in [-0.4, -0.2) is 29.2 Å². The molecule has 158 valence electrons. The zero-order valence-corrected chi connectivity index (χ0v) is 18.9. The molecule has 1 aliphatic heterocycles. The number of thioether (sulfide) groups is 1. The van der Waals surface area contributed by atoms with Gasteiger partial charge in [0, 0.05) is 16.7 Å². The van der Waals surface area contributed by atoms with Gasteiger partial charge >= 0.3 is 0 Å². The van der Waals surface area contributed by atoms with E-state index in [1.807, 2.05) is 0 Å². The molecule has 1 fully saturated rings. The minimum absolute atomic E-state index is 0.106. The van der Waals surface area contributed by atoms with Gasteiger partial charge in [-0.25, -0.2) is 0 Å². The molecule has 0 atom stereocenters. The lowest BCUT2D eigenvalue weighted by Crippen LogP contribution is -2.32. The van der Waals surface area contributed by atoms with E-state index in [-0.39, 0.29) is 23.3 Å². The van der Waals surface area contributed by atoms with Crippen LogP contribution in [-0.2, 0) is 4.79 Å². The Morgan fingerprint density at radius 2 is 1.81 bits per heavy atom. The van der Waals surface area contributed by atoms with Gasteiger partial charge in [-0.05, 0) is 54.2 Å². The number of ether oxygens (including phenoxy) is 1. The number of rotatable bonds is 6. The minimum Gasteiger partial charge on any atom is -0.490 e. The van der Waals surface area contributed by atoms with Gasteiger partial charge in [0.2, 0.25) is 0 Å². The second-order valence-corrected chi connectivity index (χ2v) is 8.68. The van der Waals surface area contributed by atoms with Crippen molar-refractivity contribution in [1.82, 2.24) is 4.90 Å². The van der Waals surface area contributed by atoms with Gasteiger partial charge in [-0.15, -0.1) is 0 Å². The van der Waals surface area contributed by atoms with Crippen molar-refractivity contribution in [2.24, 2.45) is 0 Å². The lowest BCUT2D eigenvalue weighted by molar-refractivity contribution is -0.123. The van der Waals surface area contributed by atoms with Crippen molar-refractivity contribution in [1.29, 1.82) is 0 Å². The van der Waals surface area contributed by atoms with E-state index < -0.39 is 5.91 Å². The summed E-state index contributed by atoms with van der Waals surface area (Å²) in [5, 5.41) is 1.11. The lowest BCUT2D eigenvalue weighted by atomic mass is 10.2. The average Bonchev–Trinajstić information content (AvgIpc) is 3.31. The van der Waals surface area contributed by atoms with Crippen molar-refractivity contribution in [2.45, 2.75) is 0 Å². The van der Waals surface area contributed by atoms with E-state index in [0.29, 0.717) is 37.9 Å². The van der Waals surface area contributed by atoms with Crippen LogP contribution in [0.2, 0.25) is 15.1 Å². The number of carbonyl (C=O) groups is 2. The third-order valence-electron chi connectivity index (χ3n) is 4.38. The molecule has 0 N–H and O–H groups in total. The molecule has 0 aliphatic carbocycles. The van der Waals surface area contributed by atoms with Crippen molar-refractivity contribution < 1.29 is 18.7 Å². The Morgan fingerprint density at radius 1 is 1.00 bits per heavy atom. The minimum atomic E-state index is -0.406. The molecular formula is C22H14Cl3NO4S. The Kier molecular flexibility index (Phi) is 6.62. The maximum absolute atomic E-state index is 12.7. The maximum atomic E-state index is 12.7. The van der Waals surface area contributed by atoms with Crippen molar-refractivity contribution in [3.05, 3.63) is 80.3 Å². The van der Waals surface area contributed by atoms with Crippen LogP contribution in [0.5, 0.6) is 5.75 Å². The Hall–Kier alpha value is -2.38. The van der Waals surface area contributed by atoms with Crippen molar-refractivity contribution in [3.8, 4) is 17.1 Å². The molecular weight excluding hydrogens is 481 g/mol. The standard InChI is InChI=1S/C22H14Cl3NO4S/c23-13-5-7-16(24)15(11-13)18-8-6-14(30-18)12-20-21(27)26(22(28)31-20)9-10-29-19-4-2-1-3-17(19)25/h1-8,11-12H,9-10H2/b20-12-. The average molecular weight is 495 g/mol. The number of halogens is 3. The SMILES string of the molecule is O=C1S/C(=C\c2ccc(-c3cc(Cl)ccc3Cl)o2)C(=O)N1CCOc1ccccc1Cl. The molecule has 0 saturated carbocycles. The Morgan fingerprint density at radius 3 is 2.61 bits per heavy atom. The molecule has 2 heterocycles. The molecule has 3 aromatic rings. The first kappa shape index (κ1) is 21.8. The predicted octanol–water partition coefficient (Wildman–Crippen LogP) is 7.02. The highest BCUT2D eigenvalue weighted by molar-refractivity contribution is 8.18. The number of hydrogen-bond acceptors (Lipinski definition) is 5. The van der Waals surface area contributed by atoms with Crippen LogP contribution in [0, 0.1) is 0 Å². The van der Waals surface area contributed by atoms with E-state index in [0.717, 1.165) is 16.7 Å². The first-order valence-electron chi connectivity index (χ1n) is 9.10. The Labute approximate surface area is 197 Å². The summed E-state index contributed by atoms with van der Waals surface area (Å²) < 4.78 is 11.4. The summed E-state index contributed by atoms with van der Waals surface area (Å²) in [6.45, 7) is 0.238. The zero-order chi connectivity index (χ0) is 22.0. The van der Waals surface area contributed by atoms with Crippen LogP contribution in [0.1, 0.15) is 5.76 Å². The number of carbonyl (C=O) groups excluding carboxylic acids is 2. The number of benzene rings is 2. The number of imide groups is 1. The second kappa shape index (κ2) is 9.40. The number of furan rings is 1. The summed E-state index contributed by atoms with van der Waals surface area (Å²) in [5.41, 5.74) is 0.638. The molecule has 0 bridgehead atoms. The van der Waals surface area contributed by atoms with E-state index in [4.69, 9.17) is 44.0 Å². The summed E-state index contributed by atoms with van der Waals surface area (Å²) in [4.78, 5) is 26.3. The Bertz CT molecular complexity index is 1190. The van der Waals surface area contributed by atoms with Crippen molar-refractivity contribution in [2.75, 3.05) is 13.2 Å². The van der Waals surface area contributed by atoms with E-state index in [9.17, 15) is 9.59 Å². The molecule has 0 radical (unpaired) electrons. The van der Waals surface area contributed by atoms with Crippen LogP contribution in [0.4, 0.5) is 4.79 Å². The number of hydrogen-bond donors (Lipinski definition) is 0. The normalized spacial score (nSPS) is 15.2. The third-order valence-corrected chi connectivity index (χ3v) is 6.16. The van der Waals surface area contributed by atoms with Gasteiger partial charge in [0.1, 0.15) is 23.9 Å². The van der Waals surface area contributed by atoms with Crippen LogP contribution >= 0.6 is 46.6 Å². The third kappa shape index (κ3) is 4.93. The highest BCUT2D eigenvalue weighted by Crippen LogP contribution is 2.35. The maximum Gasteiger partial charge on any atom is 0.293 e. The summed E-state index contributed by atoms with van der Waals surface area (Å²) >= 11 is 19.1. The summed E-state index contributed by atoms with van der Waals surface area (Å²) in [6.07, 6.45) is 1.53. The molecule has 1 aromatic heterocycles. The number of para-hydroxylation sites is 1. The van der Waals surface area contributed by atoms with Gasteiger partial charge in [-0.1, -0.05) is 46.9 Å². The largest absolute Gasteiger partial charge is 0.490 e. The van der Waals surface area contributed by atoms with Gasteiger partial charge in [-0.2, -0.15) is 0 Å². The Balaban J connectivity index is 1.44. The first-order chi connectivity index (χ1) is 14.9. The monoisotopic (exact) mass is 493 g/mol. The molecule has 5 nitrogen and oxygen atoms in total. The van der Waals surface area contributed by atoms with Gasteiger partial charge in [0.05, 0.1) is 21.5 Å². The topological polar surface area (TPSA) is 59.8 Å². The first-order valence-corrected chi connectivity index (χ1v) is 11.1. The van der Waals surface area contributed by atoms with Gasteiger partial charge in [0.25, 0.3) is 11.1 Å². The van der Waals surface area contributed by atoms with Crippen LogP contribution in [0.15, 0.2) is 63.9 Å². The molecule has 2 amide bonds.